The van der Waals surface area contributed by atoms with Crippen LogP contribution < -0.4 is 10.5 Å². The van der Waals surface area contributed by atoms with Crippen LogP contribution in [0.25, 0.3) is 0 Å². The molecule has 6 heteroatoms. The summed E-state index contributed by atoms with van der Waals surface area (Å²) in [5, 5.41) is 0.377. The number of nitrogens with two attached hydrogens (primary N) is 1. The molecular formula is C11H7Cl2FN2O. The second kappa shape index (κ2) is 4.77. The summed E-state index contributed by atoms with van der Waals surface area (Å²) >= 11 is 11.3. The van der Waals surface area contributed by atoms with Gasteiger partial charge >= 0.3 is 0 Å². The van der Waals surface area contributed by atoms with Crippen LogP contribution in [0.15, 0.2) is 30.5 Å². The molecule has 1 heterocycles. The van der Waals surface area contributed by atoms with Gasteiger partial charge in [0, 0.05) is 12.3 Å². The largest absolute Gasteiger partial charge is 0.437 e. The molecule has 0 aliphatic carbocycles. The van der Waals surface area contributed by atoms with Gasteiger partial charge in [0.15, 0.2) is 0 Å². The number of rotatable bonds is 2. The minimum Gasteiger partial charge on any atom is -0.437 e. The van der Waals surface area contributed by atoms with Gasteiger partial charge in [-0.3, -0.25) is 0 Å². The third-order valence-corrected chi connectivity index (χ3v) is 2.45. The Morgan fingerprint density at radius 2 is 2.00 bits per heavy atom. The zero-order chi connectivity index (χ0) is 12.4. The summed E-state index contributed by atoms with van der Waals surface area (Å²) < 4.78 is 18.3. The van der Waals surface area contributed by atoms with E-state index in [-0.39, 0.29) is 16.6 Å². The fraction of sp³-hybridized carbons (Fsp3) is 0. The Morgan fingerprint density at radius 1 is 1.24 bits per heavy atom. The van der Waals surface area contributed by atoms with Crippen LogP contribution in [-0.4, -0.2) is 4.98 Å². The molecule has 2 N–H and O–H groups in total. The quantitative estimate of drug-likeness (QED) is 0.902. The minimum atomic E-state index is -0.518. The molecule has 0 fully saturated rings. The van der Waals surface area contributed by atoms with E-state index < -0.39 is 5.82 Å². The van der Waals surface area contributed by atoms with E-state index in [0.29, 0.717) is 10.8 Å². The molecule has 0 aliphatic heterocycles. The molecule has 1 aromatic carbocycles. The third kappa shape index (κ3) is 2.78. The molecule has 0 unspecified atom stereocenters. The normalized spacial score (nSPS) is 10.3. The van der Waals surface area contributed by atoms with Crippen LogP contribution in [-0.2, 0) is 0 Å². The number of nitrogens with zero attached hydrogens (tertiary/aromatic N) is 1. The maximum atomic E-state index is 12.9. The van der Waals surface area contributed by atoms with Crippen molar-refractivity contribution in [2.24, 2.45) is 0 Å². The standard InChI is InChI=1S/C11H7Cl2FN2O/c12-6-3-10(15)11(16-5-6)17-7-1-2-9(14)8(13)4-7/h1-5H,15H2. The Morgan fingerprint density at radius 3 is 2.65 bits per heavy atom. The maximum Gasteiger partial charge on any atom is 0.242 e. The number of halogens is 3. The van der Waals surface area contributed by atoms with Gasteiger partial charge in [0.05, 0.1) is 15.7 Å². The summed E-state index contributed by atoms with van der Waals surface area (Å²) in [5.41, 5.74) is 5.95. The van der Waals surface area contributed by atoms with Crippen LogP contribution in [0.5, 0.6) is 11.6 Å². The number of ether oxygens (including phenoxy) is 1. The van der Waals surface area contributed by atoms with Gasteiger partial charge in [0.25, 0.3) is 0 Å². The van der Waals surface area contributed by atoms with Gasteiger partial charge < -0.3 is 10.5 Å². The second-order valence-electron chi connectivity index (χ2n) is 3.23. The van der Waals surface area contributed by atoms with Crippen molar-refractivity contribution in [2.75, 3.05) is 5.73 Å². The van der Waals surface area contributed by atoms with Crippen LogP contribution in [0.1, 0.15) is 0 Å². The van der Waals surface area contributed by atoms with Crippen LogP contribution in [0.2, 0.25) is 10.0 Å². The smallest absolute Gasteiger partial charge is 0.242 e. The molecule has 88 valence electrons. The van der Waals surface area contributed by atoms with Crippen molar-refractivity contribution in [3.8, 4) is 11.6 Å². The predicted molar refractivity (Wildman–Crippen MR) is 65.1 cm³/mol. The van der Waals surface area contributed by atoms with Gasteiger partial charge in [-0.25, -0.2) is 9.37 Å². The Balaban J connectivity index is 2.28. The fourth-order valence-corrected chi connectivity index (χ4v) is 1.52. The Labute approximate surface area is 107 Å². The Hall–Kier alpha value is -1.52. The highest BCUT2D eigenvalue weighted by molar-refractivity contribution is 6.31. The lowest BCUT2D eigenvalue weighted by atomic mass is 10.3. The summed E-state index contributed by atoms with van der Waals surface area (Å²) in [6, 6.07) is 5.47. The molecule has 0 bridgehead atoms. The number of aromatic nitrogens is 1. The molecule has 2 rings (SSSR count). The molecule has 0 atom stereocenters. The van der Waals surface area contributed by atoms with Gasteiger partial charge in [0.1, 0.15) is 11.6 Å². The topological polar surface area (TPSA) is 48.1 Å². The van der Waals surface area contributed by atoms with Crippen LogP contribution in [0, 0.1) is 5.82 Å². The number of hydrogen-bond acceptors (Lipinski definition) is 3. The summed E-state index contributed by atoms with van der Waals surface area (Å²) in [7, 11) is 0. The second-order valence-corrected chi connectivity index (χ2v) is 4.07. The lowest BCUT2D eigenvalue weighted by Gasteiger charge is -2.07. The van der Waals surface area contributed by atoms with Gasteiger partial charge in [-0.05, 0) is 18.2 Å². The van der Waals surface area contributed by atoms with E-state index in [9.17, 15) is 4.39 Å². The highest BCUT2D eigenvalue weighted by Crippen LogP contribution is 2.29. The highest BCUT2D eigenvalue weighted by atomic mass is 35.5. The van der Waals surface area contributed by atoms with Crippen molar-refractivity contribution in [1.82, 2.24) is 4.98 Å². The molecule has 1 aromatic heterocycles. The molecular weight excluding hydrogens is 266 g/mol. The summed E-state index contributed by atoms with van der Waals surface area (Å²) in [4.78, 5) is 3.91. The molecule has 0 radical (unpaired) electrons. The van der Waals surface area contributed by atoms with E-state index >= 15 is 0 Å². The molecule has 0 saturated carbocycles. The van der Waals surface area contributed by atoms with Crippen molar-refractivity contribution in [3.05, 3.63) is 46.3 Å². The summed E-state index contributed by atoms with van der Waals surface area (Å²) in [5.74, 6) is 0.0195. The Kier molecular flexibility index (Phi) is 3.36. The number of benzene rings is 1. The molecule has 0 amide bonds. The lowest BCUT2D eigenvalue weighted by molar-refractivity contribution is 0.464. The van der Waals surface area contributed by atoms with Gasteiger partial charge in [-0.15, -0.1) is 0 Å². The van der Waals surface area contributed by atoms with Crippen molar-refractivity contribution in [3.63, 3.8) is 0 Å². The number of pyridine rings is 1. The lowest BCUT2D eigenvalue weighted by Crippen LogP contribution is -1.95. The van der Waals surface area contributed by atoms with E-state index in [2.05, 4.69) is 4.98 Å². The maximum absolute atomic E-state index is 12.9. The first-order valence-corrected chi connectivity index (χ1v) is 5.36. The summed E-state index contributed by atoms with van der Waals surface area (Å²) in [6.07, 6.45) is 1.40. The van der Waals surface area contributed by atoms with Gasteiger partial charge in [-0.1, -0.05) is 23.2 Å². The highest BCUT2D eigenvalue weighted by Gasteiger charge is 2.07. The average molecular weight is 273 g/mol. The van der Waals surface area contributed by atoms with Crippen molar-refractivity contribution in [2.45, 2.75) is 0 Å². The Bertz CT molecular complexity index is 563. The zero-order valence-electron chi connectivity index (χ0n) is 8.45. The SMILES string of the molecule is Nc1cc(Cl)cnc1Oc1ccc(F)c(Cl)c1. The van der Waals surface area contributed by atoms with E-state index in [1.165, 1.54) is 30.5 Å². The van der Waals surface area contributed by atoms with Crippen LogP contribution in [0.3, 0.4) is 0 Å². The minimum absolute atomic E-state index is 0.0324. The summed E-state index contributed by atoms with van der Waals surface area (Å²) in [6.45, 7) is 0. The fourth-order valence-electron chi connectivity index (χ4n) is 1.18. The van der Waals surface area contributed by atoms with Crippen LogP contribution >= 0.6 is 23.2 Å². The number of hydrogen-bond donors (Lipinski definition) is 1. The van der Waals surface area contributed by atoms with Gasteiger partial charge in [-0.2, -0.15) is 0 Å². The molecule has 2 aromatic rings. The number of nitrogen functional groups attached to an aromatic ring is 1. The molecule has 3 nitrogen and oxygen atoms in total. The number of anilines is 1. The molecule has 17 heavy (non-hydrogen) atoms. The van der Waals surface area contributed by atoms with Crippen molar-refractivity contribution < 1.29 is 9.13 Å². The van der Waals surface area contributed by atoms with E-state index in [4.69, 9.17) is 33.7 Å². The zero-order valence-corrected chi connectivity index (χ0v) is 9.97. The monoisotopic (exact) mass is 272 g/mol. The first kappa shape index (κ1) is 12.0. The first-order chi connectivity index (χ1) is 8.06. The molecule has 0 saturated heterocycles. The van der Waals surface area contributed by atoms with Gasteiger partial charge in [0.2, 0.25) is 5.88 Å². The van der Waals surface area contributed by atoms with E-state index in [1.807, 2.05) is 0 Å². The van der Waals surface area contributed by atoms with E-state index in [1.54, 1.807) is 0 Å². The average Bonchev–Trinajstić information content (AvgIpc) is 2.27. The first-order valence-electron chi connectivity index (χ1n) is 4.60. The van der Waals surface area contributed by atoms with Crippen LogP contribution in [0.4, 0.5) is 10.1 Å². The predicted octanol–water partition coefficient (Wildman–Crippen LogP) is 3.90. The van der Waals surface area contributed by atoms with E-state index in [0.717, 1.165) is 0 Å². The molecule has 0 spiro atoms. The molecule has 0 aliphatic rings. The third-order valence-electron chi connectivity index (χ3n) is 1.95. The van der Waals surface area contributed by atoms with Crippen molar-refractivity contribution >= 4 is 28.9 Å². The van der Waals surface area contributed by atoms with Crippen molar-refractivity contribution in [1.29, 1.82) is 0 Å².